The summed E-state index contributed by atoms with van der Waals surface area (Å²) < 4.78 is 0. The minimum Gasteiger partial charge on any atom is -0.311 e. The Morgan fingerprint density at radius 1 is 1.06 bits per heavy atom. The molecule has 98 valence electrons. The predicted octanol–water partition coefficient (Wildman–Crippen LogP) is 3.88. The van der Waals surface area contributed by atoms with Gasteiger partial charge in [0.25, 0.3) is 0 Å². The SMILES string of the molecule is CC(C)c1ccc(CC2CC3CCC(C2)N3)cc1. The third-order valence-corrected chi connectivity index (χ3v) is 4.74. The summed E-state index contributed by atoms with van der Waals surface area (Å²) in [5.41, 5.74) is 3.00. The summed E-state index contributed by atoms with van der Waals surface area (Å²) in [4.78, 5) is 0. The monoisotopic (exact) mass is 243 g/mol. The second kappa shape index (κ2) is 5.05. The van der Waals surface area contributed by atoms with Crippen molar-refractivity contribution in [3.05, 3.63) is 35.4 Å². The molecule has 0 amide bonds. The molecule has 1 aromatic rings. The van der Waals surface area contributed by atoms with Crippen LogP contribution < -0.4 is 5.32 Å². The Balaban J connectivity index is 1.62. The molecule has 1 aromatic carbocycles. The number of nitrogens with one attached hydrogen (secondary N) is 1. The van der Waals surface area contributed by atoms with Gasteiger partial charge in [-0.2, -0.15) is 0 Å². The zero-order chi connectivity index (χ0) is 12.5. The van der Waals surface area contributed by atoms with Crippen LogP contribution in [0.1, 0.15) is 56.6 Å². The minimum atomic E-state index is 0.647. The first-order valence-corrected chi connectivity index (χ1v) is 7.55. The van der Waals surface area contributed by atoms with Crippen LogP contribution in [-0.2, 0) is 6.42 Å². The van der Waals surface area contributed by atoms with Crippen molar-refractivity contribution in [1.29, 1.82) is 0 Å². The first-order valence-electron chi connectivity index (χ1n) is 7.55. The van der Waals surface area contributed by atoms with Gasteiger partial charge in [0.05, 0.1) is 0 Å². The van der Waals surface area contributed by atoms with Crippen LogP contribution in [-0.4, -0.2) is 12.1 Å². The van der Waals surface area contributed by atoms with E-state index in [1.165, 1.54) is 43.2 Å². The Hall–Kier alpha value is -0.820. The van der Waals surface area contributed by atoms with Gasteiger partial charge in [-0.15, -0.1) is 0 Å². The molecule has 1 heteroatoms. The number of rotatable bonds is 3. The molecule has 2 saturated heterocycles. The van der Waals surface area contributed by atoms with Crippen LogP contribution >= 0.6 is 0 Å². The smallest absolute Gasteiger partial charge is 0.00729 e. The number of fused-ring (bicyclic) bond motifs is 2. The average Bonchev–Trinajstić information content (AvgIpc) is 2.69. The lowest BCUT2D eigenvalue weighted by molar-refractivity contribution is 0.298. The molecule has 0 saturated carbocycles. The summed E-state index contributed by atoms with van der Waals surface area (Å²) in [6, 6.07) is 11.0. The van der Waals surface area contributed by atoms with E-state index in [0.717, 1.165) is 18.0 Å². The van der Waals surface area contributed by atoms with Crippen molar-refractivity contribution in [3.63, 3.8) is 0 Å². The Labute approximate surface area is 111 Å². The van der Waals surface area contributed by atoms with Crippen molar-refractivity contribution in [1.82, 2.24) is 5.32 Å². The molecular weight excluding hydrogens is 218 g/mol. The maximum absolute atomic E-state index is 3.73. The van der Waals surface area contributed by atoms with E-state index in [1.807, 2.05) is 0 Å². The van der Waals surface area contributed by atoms with Gasteiger partial charge in [0, 0.05) is 12.1 Å². The van der Waals surface area contributed by atoms with Gasteiger partial charge in [-0.05, 0) is 55.1 Å². The Kier molecular flexibility index (Phi) is 3.43. The number of piperidine rings is 1. The molecule has 0 radical (unpaired) electrons. The lowest BCUT2D eigenvalue weighted by Gasteiger charge is -2.29. The highest BCUT2D eigenvalue weighted by atomic mass is 15.0. The third-order valence-electron chi connectivity index (χ3n) is 4.74. The standard InChI is InChI=1S/C17H25N/c1-12(2)15-5-3-13(4-6-15)9-14-10-16-7-8-17(11-14)18-16/h3-6,12,14,16-18H,7-11H2,1-2H3. The molecule has 2 heterocycles. The van der Waals surface area contributed by atoms with Gasteiger partial charge >= 0.3 is 0 Å². The summed E-state index contributed by atoms with van der Waals surface area (Å²) >= 11 is 0. The first kappa shape index (κ1) is 12.2. The van der Waals surface area contributed by atoms with Crippen molar-refractivity contribution >= 4 is 0 Å². The van der Waals surface area contributed by atoms with Gasteiger partial charge in [-0.3, -0.25) is 0 Å². The van der Waals surface area contributed by atoms with Gasteiger partial charge in [0.2, 0.25) is 0 Å². The lowest BCUT2D eigenvalue weighted by atomic mass is 9.86. The predicted molar refractivity (Wildman–Crippen MR) is 76.9 cm³/mol. The molecule has 0 spiro atoms. The average molecular weight is 243 g/mol. The van der Waals surface area contributed by atoms with Crippen LogP contribution in [0.3, 0.4) is 0 Å². The number of benzene rings is 1. The highest BCUT2D eigenvalue weighted by Gasteiger charge is 2.33. The van der Waals surface area contributed by atoms with E-state index in [-0.39, 0.29) is 0 Å². The molecule has 0 aliphatic carbocycles. The van der Waals surface area contributed by atoms with Crippen molar-refractivity contribution < 1.29 is 0 Å². The second-order valence-electron chi connectivity index (χ2n) is 6.58. The first-order chi connectivity index (χ1) is 8.70. The molecule has 2 aliphatic rings. The minimum absolute atomic E-state index is 0.647. The largest absolute Gasteiger partial charge is 0.311 e. The zero-order valence-electron chi connectivity index (χ0n) is 11.7. The van der Waals surface area contributed by atoms with Crippen LogP contribution in [0.25, 0.3) is 0 Å². The Morgan fingerprint density at radius 3 is 2.22 bits per heavy atom. The van der Waals surface area contributed by atoms with E-state index in [4.69, 9.17) is 0 Å². The van der Waals surface area contributed by atoms with E-state index in [1.54, 1.807) is 0 Å². The maximum Gasteiger partial charge on any atom is 0.00729 e. The number of hydrogen-bond donors (Lipinski definition) is 1. The molecule has 2 unspecified atom stereocenters. The molecule has 2 atom stereocenters. The van der Waals surface area contributed by atoms with E-state index >= 15 is 0 Å². The topological polar surface area (TPSA) is 12.0 Å². The van der Waals surface area contributed by atoms with E-state index < -0.39 is 0 Å². The molecule has 1 nitrogen and oxygen atoms in total. The van der Waals surface area contributed by atoms with Crippen molar-refractivity contribution in [2.75, 3.05) is 0 Å². The quantitative estimate of drug-likeness (QED) is 0.849. The van der Waals surface area contributed by atoms with Crippen LogP contribution in [0.2, 0.25) is 0 Å². The molecular formula is C17H25N. The molecule has 1 N–H and O–H groups in total. The van der Waals surface area contributed by atoms with E-state index in [9.17, 15) is 0 Å². The fourth-order valence-corrected chi connectivity index (χ4v) is 3.71. The highest BCUT2D eigenvalue weighted by Crippen LogP contribution is 2.32. The Morgan fingerprint density at radius 2 is 1.67 bits per heavy atom. The summed E-state index contributed by atoms with van der Waals surface area (Å²) in [6.45, 7) is 4.53. The zero-order valence-corrected chi connectivity index (χ0v) is 11.7. The van der Waals surface area contributed by atoms with Gasteiger partial charge in [0.15, 0.2) is 0 Å². The maximum atomic E-state index is 3.73. The third kappa shape index (κ3) is 2.61. The van der Waals surface area contributed by atoms with Crippen LogP contribution in [0.4, 0.5) is 0 Å². The Bertz CT molecular complexity index is 381. The van der Waals surface area contributed by atoms with Crippen LogP contribution in [0.15, 0.2) is 24.3 Å². The van der Waals surface area contributed by atoms with Crippen LogP contribution in [0, 0.1) is 5.92 Å². The second-order valence-corrected chi connectivity index (χ2v) is 6.58. The molecule has 2 fully saturated rings. The molecule has 3 rings (SSSR count). The summed E-state index contributed by atoms with van der Waals surface area (Å²) in [6.07, 6.45) is 6.89. The normalized spacial score (nSPS) is 30.9. The van der Waals surface area contributed by atoms with Crippen molar-refractivity contribution in [2.24, 2.45) is 5.92 Å². The van der Waals surface area contributed by atoms with Gasteiger partial charge in [-0.25, -0.2) is 0 Å². The van der Waals surface area contributed by atoms with Gasteiger partial charge in [0.1, 0.15) is 0 Å². The van der Waals surface area contributed by atoms with Gasteiger partial charge in [-0.1, -0.05) is 38.1 Å². The van der Waals surface area contributed by atoms with Gasteiger partial charge < -0.3 is 5.32 Å². The summed E-state index contributed by atoms with van der Waals surface area (Å²) in [5.74, 6) is 1.56. The van der Waals surface area contributed by atoms with E-state index in [2.05, 4.69) is 43.4 Å². The lowest BCUT2D eigenvalue weighted by Crippen LogP contribution is -2.38. The van der Waals surface area contributed by atoms with Crippen molar-refractivity contribution in [3.8, 4) is 0 Å². The fraction of sp³-hybridized carbons (Fsp3) is 0.647. The summed E-state index contributed by atoms with van der Waals surface area (Å²) in [5, 5.41) is 3.73. The summed E-state index contributed by atoms with van der Waals surface area (Å²) in [7, 11) is 0. The molecule has 2 bridgehead atoms. The van der Waals surface area contributed by atoms with E-state index in [0.29, 0.717) is 5.92 Å². The number of hydrogen-bond acceptors (Lipinski definition) is 1. The molecule has 0 aromatic heterocycles. The molecule has 2 aliphatic heterocycles. The highest BCUT2D eigenvalue weighted by molar-refractivity contribution is 5.25. The van der Waals surface area contributed by atoms with Crippen molar-refractivity contribution in [2.45, 2.75) is 64.0 Å². The molecule has 18 heavy (non-hydrogen) atoms. The fourth-order valence-electron chi connectivity index (χ4n) is 3.71. The van der Waals surface area contributed by atoms with Crippen LogP contribution in [0.5, 0.6) is 0 Å².